The molecule has 16 aromatic carbocycles. The minimum absolute atomic E-state index is 0.0908. The van der Waals surface area contributed by atoms with E-state index in [-0.39, 0.29) is 17.5 Å². The lowest BCUT2D eigenvalue weighted by atomic mass is 9.34. The quantitative estimate of drug-likeness (QED) is 0.101. The number of rotatable bonds is 10. The summed E-state index contributed by atoms with van der Waals surface area (Å²) in [6.45, 7) is 13.7. The first kappa shape index (κ1) is 66.0. The molecule has 8 heteroatoms. The maximum absolute atomic E-state index is 8.02. The van der Waals surface area contributed by atoms with E-state index in [1.54, 1.807) is 0 Å². The van der Waals surface area contributed by atoms with Crippen LogP contribution in [-0.4, -0.2) is 28.5 Å². The zero-order chi connectivity index (χ0) is 74.9. The van der Waals surface area contributed by atoms with Crippen molar-refractivity contribution in [1.82, 2.24) is 13.7 Å². The standard InChI is InChI=1S/C104H77BN4OSSi/c1-103(2,3)68-51-56-89-82(59-68)83-60-69(104(4,5)6)52-57-90(83)107(89)71-61-93-99-96(63-71)110-95-62-70(106-86-47-26-22-41-78(86)79-42-23-27-48-87(79)106)53-55-85(95)105(99)100-94(109(93)101-76(66-31-12-7-13-32-66)45-30-46-77(101)67-33-14-8-15-34-67)65-92(98-81-44-25-29-50-97(81)111-102(98)100)108-88-49-28-24-43-80(88)84-64-75(54-58-91(84)108)112(72-35-16-9-17-36-72,73-37-18-10-19-38-73)74-39-20-11-21-40-74/h7-65H,1-6H3. The maximum atomic E-state index is 8.02. The maximum Gasteiger partial charge on any atom is 0.258 e. The lowest BCUT2D eigenvalue weighted by molar-refractivity contribution is 0.487. The fraction of sp³-hybridized carbons (Fsp3) is 0.0769. The van der Waals surface area contributed by atoms with E-state index in [1.165, 1.54) is 89.8 Å². The smallest absolute Gasteiger partial charge is 0.258 e. The number of anilines is 3. The minimum Gasteiger partial charge on any atom is -0.458 e. The van der Waals surface area contributed by atoms with Crippen molar-refractivity contribution in [2.24, 2.45) is 0 Å². The Bertz CT molecular complexity index is 6970. The number of para-hydroxylation sites is 4. The number of thiophene rings is 1. The zero-order valence-electron chi connectivity index (χ0n) is 63.2. The van der Waals surface area contributed by atoms with E-state index in [1.807, 2.05) is 11.3 Å². The summed E-state index contributed by atoms with van der Waals surface area (Å²) >= 11 is 1.92. The third-order valence-corrected chi connectivity index (χ3v) is 30.3. The van der Waals surface area contributed by atoms with Crippen molar-refractivity contribution in [2.45, 2.75) is 52.4 Å². The number of nitrogens with zero attached hydrogens (tertiary/aromatic N) is 4. The van der Waals surface area contributed by atoms with Crippen LogP contribution in [0.15, 0.2) is 358 Å². The molecule has 0 N–H and O–H groups in total. The van der Waals surface area contributed by atoms with E-state index in [0.29, 0.717) is 0 Å². The molecule has 0 radical (unpaired) electrons. The molecule has 0 saturated carbocycles. The average Bonchev–Trinajstić information content (AvgIpc) is 1.30. The second kappa shape index (κ2) is 25.0. The Hall–Kier alpha value is -13.0. The number of ether oxygens (including phenoxy) is 1. The fourth-order valence-corrected chi connectivity index (χ4v) is 25.3. The van der Waals surface area contributed by atoms with Crippen LogP contribution < -0.4 is 46.8 Å². The van der Waals surface area contributed by atoms with Gasteiger partial charge < -0.3 is 23.3 Å². The molecular weight excluding hydrogens is 1390 g/mol. The van der Waals surface area contributed by atoms with Gasteiger partial charge in [0, 0.05) is 92.8 Å². The van der Waals surface area contributed by atoms with Crippen molar-refractivity contribution >= 4 is 166 Å². The molecule has 2 aliphatic rings. The van der Waals surface area contributed by atoms with Gasteiger partial charge in [-0.3, -0.25) is 0 Å². The van der Waals surface area contributed by atoms with Crippen LogP contribution in [0.4, 0.5) is 17.1 Å². The van der Waals surface area contributed by atoms with Crippen LogP contribution in [0.1, 0.15) is 52.7 Å². The molecule has 5 nitrogen and oxygen atoms in total. The van der Waals surface area contributed by atoms with Crippen LogP contribution in [0.3, 0.4) is 0 Å². The number of benzene rings is 16. The third-order valence-electron chi connectivity index (χ3n) is 24.3. The second-order valence-corrected chi connectivity index (χ2v) is 37.5. The predicted molar refractivity (Wildman–Crippen MR) is 480 cm³/mol. The van der Waals surface area contributed by atoms with Crippen molar-refractivity contribution < 1.29 is 4.74 Å². The molecule has 112 heavy (non-hydrogen) atoms. The van der Waals surface area contributed by atoms with Gasteiger partial charge in [-0.15, -0.1) is 11.3 Å². The summed E-state index contributed by atoms with van der Waals surface area (Å²) in [6.07, 6.45) is 0. The summed E-state index contributed by atoms with van der Waals surface area (Å²) in [5, 5.41) is 15.1. The number of hydrogen-bond acceptors (Lipinski definition) is 3. The van der Waals surface area contributed by atoms with Gasteiger partial charge in [0.1, 0.15) is 11.5 Å². The van der Waals surface area contributed by atoms with Crippen LogP contribution in [0.5, 0.6) is 11.5 Å². The van der Waals surface area contributed by atoms with Gasteiger partial charge in [0.25, 0.3) is 6.71 Å². The largest absolute Gasteiger partial charge is 0.458 e. The molecule has 0 unspecified atom stereocenters. The molecule has 0 spiro atoms. The highest BCUT2D eigenvalue weighted by Crippen LogP contribution is 2.54. The third kappa shape index (κ3) is 9.87. The van der Waals surface area contributed by atoms with Gasteiger partial charge >= 0.3 is 0 Å². The van der Waals surface area contributed by atoms with E-state index in [2.05, 4.69) is 418 Å². The SMILES string of the molecule is CC(C)(C)c1ccc2c(c1)c1cc(C(C)(C)C)ccc1n2-c1cc2c3c(c1)N(c1c(-c4ccccc4)cccc1-c1ccccc1)c1cc(-n4c5ccccc5c5cc([Si](c6ccccc6)(c6ccccc6)c6ccccc6)ccc54)c4c(sc5ccccc54)c1B3c1ccc(-n3c4ccccc4c4ccccc43)cc1O2. The first-order valence-corrected chi connectivity index (χ1v) is 42.0. The molecular formula is C104H77BN4OSSi. The van der Waals surface area contributed by atoms with Gasteiger partial charge in [0.15, 0.2) is 8.07 Å². The molecule has 532 valence electrons. The van der Waals surface area contributed by atoms with Crippen molar-refractivity contribution in [3.63, 3.8) is 0 Å². The molecule has 6 heterocycles. The normalized spacial score (nSPS) is 12.9. The Morgan fingerprint density at radius 3 is 1.30 bits per heavy atom. The average molecular weight is 1470 g/mol. The summed E-state index contributed by atoms with van der Waals surface area (Å²) in [4.78, 5) is 2.70. The molecule has 20 aromatic rings. The van der Waals surface area contributed by atoms with Crippen molar-refractivity contribution in [3.05, 3.63) is 369 Å². The van der Waals surface area contributed by atoms with Crippen molar-refractivity contribution in [3.8, 4) is 50.8 Å². The lowest BCUT2D eigenvalue weighted by Gasteiger charge is -2.42. The summed E-state index contributed by atoms with van der Waals surface area (Å²) < 4.78 is 18.1. The fourth-order valence-electron chi connectivity index (χ4n) is 19.2. The Labute approximate surface area is 656 Å². The van der Waals surface area contributed by atoms with Gasteiger partial charge in [-0.25, -0.2) is 0 Å². The Morgan fingerprint density at radius 2 is 0.750 bits per heavy atom. The Kier molecular flexibility index (Phi) is 14.8. The Morgan fingerprint density at radius 1 is 0.312 bits per heavy atom. The van der Waals surface area contributed by atoms with Crippen molar-refractivity contribution in [1.29, 1.82) is 0 Å². The highest BCUT2D eigenvalue weighted by atomic mass is 32.1. The number of hydrogen-bond donors (Lipinski definition) is 0. The van der Waals surface area contributed by atoms with Crippen LogP contribution in [0.25, 0.3) is 125 Å². The molecule has 4 aromatic heterocycles. The second-order valence-electron chi connectivity index (χ2n) is 32.6. The summed E-state index contributed by atoms with van der Waals surface area (Å²) in [5.74, 6) is 1.65. The molecule has 22 rings (SSSR count). The van der Waals surface area contributed by atoms with E-state index >= 15 is 0 Å². The highest BCUT2D eigenvalue weighted by molar-refractivity contribution is 7.28. The van der Waals surface area contributed by atoms with Gasteiger partial charge in [-0.05, 0) is 143 Å². The van der Waals surface area contributed by atoms with Crippen molar-refractivity contribution in [2.75, 3.05) is 4.90 Å². The topological polar surface area (TPSA) is 27.3 Å². The number of aromatic nitrogens is 3. The molecule has 0 bridgehead atoms. The Balaban J connectivity index is 0.897. The summed E-state index contributed by atoms with van der Waals surface area (Å²) in [7, 11) is -3.00. The van der Waals surface area contributed by atoms with E-state index in [9.17, 15) is 0 Å². The highest BCUT2D eigenvalue weighted by Gasteiger charge is 2.47. The van der Waals surface area contributed by atoms with Crippen LogP contribution in [0.2, 0.25) is 0 Å². The van der Waals surface area contributed by atoms with E-state index < -0.39 is 8.07 Å². The first-order chi connectivity index (χ1) is 54.8. The summed E-state index contributed by atoms with van der Waals surface area (Å²) in [5.41, 5.74) is 23.6. The molecule has 0 fully saturated rings. The van der Waals surface area contributed by atoms with Gasteiger partial charge in [0.05, 0.1) is 50.2 Å². The van der Waals surface area contributed by atoms with Crippen LogP contribution >= 0.6 is 11.3 Å². The van der Waals surface area contributed by atoms with Gasteiger partial charge in [0.2, 0.25) is 0 Å². The summed E-state index contributed by atoms with van der Waals surface area (Å²) in [6, 6.07) is 136. The lowest BCUT2D eigenvalue weighted by Crippen LogP contribution is -2.74. The number of fused-ring (bicyclic) bond motifs is 17. The zero-order valence-corrected chi connectivity index (χ0v) is 65.1. The minimum atomic E-state index is -3.00. The van der Waals surface area contributed by atoms with E-state index in [4.69, 9.17) is 4.74 Å². The van der Waals surface area contributed by atoms with Crippen LogP contribution in [-0.2, 0) is 10.8 Å². The van der Waals surface area contributed by atoms with E-state index in [0.717, 1.165) is 112 Å². The predicted octanol–water partition coefficient (Wildman–Crippen LogP) is 23.1. The molecule has 2 aliphatic heterocycles. The molecule has 0 amide bonds. The van der Waals surface area contributed by atoms with Gasteiger partial charge in [-0.1, -0.05) is 315 Å². The first-order valence-electron chi connectivity index (χ1n) is 39.2. The molecule has 0 aliphatic carbocycles. The van der Waals surface area contributed by atoms with Gasteiger partial charge in [-0.2, -0.15) is 0 Å². The molecule has 0 atom stereocenters. The monoisotopic (exact) mass is 1470 g/mol. The van der Waals surface area contributed by atoms with Crippen LogP contribution in [0, 0.1) is 0 Å². The molecule has 0 saturated heterocycles.